The number of rotatable bonds is 13. The van der Waals surface area contributed by atoms with E-state index in [1.54, 1.807) is 13.8 Å². The first-order valence-electron chi connectivity index (χ1n) is 16.7. The van der Waals surface area contributed by atoms with Crippen LogP contribution in [0, 0.1) is 5.41 Å². The molecule has 0 spiro atoms. The normalized spacial score (nSPS) is 35.6. The highest BCUT2D eigenvalue weighted by Gasteiger charge is 2.50. The molecule has 3 aliphatic rings. The second kappa shape index (κ2) is 17.9. The molecule has 1 aliphatic carbocycles. The Morgan fingerprint density at radius 3 is 2.24 bits per heavy atom. The van der Waals surface area contributed by atoms with Gasteiger partial charge in [-0.25, -0.2) is 0 Å². The van der Waals surface area contributed by atoms with Gasteiger partial charge in [0.15, 0.2) is 24.5 Å². The zero-order valence-electron chi connectivity index (χ0n) is 28.9. The van der Waals surface area contributed by atoms with Gasteiger partial charge in [-0.05, 0) is 43.3 Å². The average molecular weight is 697 g/mol. The van der Waals surface area contributed by atoms with E-state index < -0.39 is 104 Å². The van der Waals surface area contributed by atoms with Crippen LogP contribution in [0.15, 0.2) is 47.1 Å². The van der Waals surface area contributed by atoms with Crippen molar-refractivity contribution >= 4 is 17.7 Å². The van der Waals surface area contributed by atoms with E-state index in [2.05, 4.69) is 0 Å². The molecule has 2 saturated heterocycles. The lowest BCUT2D eigenvalue weighted by Gasteiger charge is -2.45. The van der Waals surface area contributed by atoms with Crippen LogP contribution in [0.5, 0.6) is 0 Å². The Morgan fingerprint density at radius 1 is 0.918 bits per heavy atom. The maximum Gasteiger partial charge on any atom is 0.307 e. The molecule has 2 heterocycles. The number of carbonyl (C=O) groups is 3. The summed E-state index contributed by atoms with van der Waals surface area (Å²) < 4.78 is 27.2. The third kappa shape index (κ3) is 10.4. The van der Waals surface area contributed by atoms with E-state index in [-0.39, 0.29) is 18.6 Å². The van der Waals surface area contributed by atoms with Crippen LogP contribution >= 0.6 is 0 Å². The van der Waals surface area contributed by atoms with Gasteiger partial charge in [0.1, 0.15) is 49.3 Å². The lowest BCUT2D eigenvalue weighted by molar-refractivity contribution is -0.353. The highest BCUT2D eigenvalue weighted by molar-refractivity contribution is 6.01. The van der Waals surface area contributed by atoms with Gasteiger partial charge in [0, 0.05) is 6.42 Å². The topological polar surface area (TPSA) is 219 Å². The predicted octanol–water partition coefficient (Wildman–Crippen LogP) is 1.05. The number of esters is 2. The van der Waals surface area contributed by atoms with E-state index in [0.717, 1.165) is 17.6 Å². The average Bonchev–Trinajstić information content (AvgIpc) is 3.05. The van der Waals surface area contributed by atoms with Crippen molar-refractivity contribution in [2.75, 3.05) is 6.61 Å². The Morgan fingerprint density at radius 2 is 1.59 bits per heavy atom. The van der Waals surface area contributed by atoms with Crippen LogP contribution < -0.4 is 0 Å². The van der Waals surface area contributed by atoms with Crippen molar-refractivity contribution < 1.29 is 68.7 Å². The molecule has 2 fully saturated rings. The summed E-state index contributed by atoms with van der Waals surface area (Å²) in [4.78, 5) is 38.4. The summed E-state index contributed by atoms with van der Waals surface area (Å²) in [6.07, 6.45) is -6.28. The third-order valence-electron chi connectivity index (χ3n) is 8.97. The molecular weight excluding hydrogens is 644 g/mol. The molecule has 6 N–H and O–H groups in total. The van der Waals surface area contributed by atoms with E-state index in [9.17, 15) is 45.0 Å². The van der Waals surface area contributed by atoms with Crippen LogP contribution in [0.2, 0.25) is 0 Å². The van der Waals surface area contributed by atoms with E-state index in [1.165, 1.54) is 0 Å². The predicted molar refractivity (Wildman–Crippen MR) is 173 cm³/mol. The fourth-order valence-corrected chi connectivity index (χ4v) is 6.03. The summed E-state index contributed by atoms with van der Waals surface area (Å²) in [5, 5.41) is 61.5. The lowest BCUT2D eigenvalue weighted by atomic mass is 9.71. The van der Waals surface area contributed by atoms with E-state index >= 15 is 0 Å². The molecular formula is C35H52O14. The first kappa shape index (κ1) is 40.6. The third-order valence-corrected chi connectivity index (χ3v) is 8.97. The Kier molecular flexibility index (Phi) is 14.9. The van der Waals surface area contributed by atoms with Crippen LogP contribution in [0.4, 0.5) is 0 Å². The van der Waals surface area contributed by atoms with Crippen LogP contribution in [0.1, 0.15) is 73.6 Å². The van der Waals surface area contributed by atoms with Crippen molar-refractivity contribution in [2.24, 2.45) is 5.41 Å². The van der Waals surface area contributed by atoms with Gasteiger partial charge in [-0.3, -0.25) is 14.4 Å². The largest absolute Gasteiger partial charge is 0.463 e. The summed E-state index contributed by atoms with van der Waals surface area (Å²) in [6, 6.07) is 0. The molecule has 0 aromatic carbocycles. The summed E-state index contributed by atoms with van der Waals surface area (Å²) in [6.45, 7) is 10.7. The smallest absolute Gasteiger partial charge is 0.307 e. The summed E-state index contributed by atoms with van der Waals surface area (Å²) >= 11 is 0. The molecule has 3 rings (SSSR count). The van der Waals surface area contributed by atoms with Crippen molar-refractivity contribution in [2.45, 2.75) is 141 Å². The second-order valence-corrected chi connectivity index (χ2v) is 13.3. The maximum atomic E-state index is 13.1. The van der Waals surface area contributed by atoms with E-state index in [4.69, 9.17) is 23.7 Å². The first-order chi connectivity index (χ1) is 23.0. The van der Waals surface area contributed by atoms with E-state index in [0.29, 0.717) is 5.57 Å². The SMILES string of the molecule is CC/C=C/C=C(C)/C=C/C1=C(C)C(=O)C(OC(=O)CCC(=O)OCC2OC(O)C(O)C(O)C2OC2OC(CC)C(O)C(O)C2O)CC1(C)C. The number of aliphatic hydroxyl groups is 6. The summed E-state index contributed by atoms with van der Waals surface area (Å²) in [7, 11) is 0. The number of aliphatic hydroxyl groups excluding tert-OH is 6. The van der Waals surface area contributed by atoms with Crippen molar-refractivity contribution in [1.82, 2.24) is 0 Å². The molecule has 49 heavy (non-hydrogen) atoms. The fourth-order valence-electron chi connectivity index (χ4n) is 6.03. The monoisotopic (exact) mass is 696 g/mol. The van der Waals surface area contributed by atoms with Crippen molar-refractivity contribution in [1.29, 1.82) is 0 Å². The molecule has 11 atom stereocenters. The molecule has 2 aliphatic heterocycles. The van der Waals surface area contributed by atoms with Gasteiger partial charge in [-0.1, -0.05) is 63.6 Å². The van der Waals surface area contributed by atoms with Crippen molar-refractivity contribution in [3.63, 3.8) is 0 Å². The Balaban J connectivity index is 1.57. The van der Waals surface area contributed by atoms with Crippen LogP contribution in [-0.4, -0.2) is 122 Å². The van der Waals surface area contributed by atoms with Gasteiger partial charge < -0.3 is 54.3 Å². The molecule has 0 aromatic heterocycles. The number of ketones is 1. The van der Waals surface area contributed by atoms with Gasteiger partial charge in [-0.15, -0.1) is 0 Å². The van der Waals surface area contributed by atoms with Crippen LogP contribution in [0.3, 0.4) is 0 Å². The minimum Gasteiger partial charge on any atom is -0.463 e. The Bertz CT molecular complexity index is 1280. The quantitative estimate of drug-likeness (QED) is 0.117. The zero-order chi connectivity index (χ0) is 36.6. The van der Waals surface area contributed by atoms with Crippen molar-refractivity contribution in [3.8, 4) is 0 Å². The standard InChI is InChI=1S/C35H52O14/c1-7-9-10-11-18(3)12-13-20-19(4)26(38)22(16-35(20,5)6)46-25(37)15-14-24(36)45-17-23-32(29(41)30(42)33(44)47-23)49-34-31(43)28(40)27(39)21(8-2)48-34/h9-13,21-23,27-34,39-44H,7-8,14-17H2,1-6H3/b10-9+,13-12+,18-11+. The van der Waals surface area contributed by atoms with Gasteiger partial charge in [0.2, 0.25) is 0 Å². The molecule has 14 heteroatoms. The molecule has 0 bridgehead atoms. The highest BCUT2D eigenvalue weighted by atomic mass is 16.7. The van der Waals surface area contributed by atoms with E-state index in [1.807, 2.05) is 58.1 Å². The molecule has 276 valence electrons. The molecule has 0 radical (unpaired) electrons. The minimum atomic E-state index is -1.88. The number of allylic oxidation sites excluding steroid dienone is 7. The highest BCUT2D eigenvalue weighted by Crippen LogP contribution is 2.41. The maximum absolute atomic E-state index is 13.1. The lowest BCUT2D eigenvalue weighted by Crippen LogP contribution is -2.64. The minimum absolute atomic E-state index is 0.246. The molecule has 11 unspecified atom stereocenters. The van der Waals surface area contributed by atoms with Gasteiger partial charge in [0.25, 0.3) is 0 Å². The van der Waals surface area contributed by atoms with Gasteiger partial charge >= 0.3 is 11.9 Å². The van der Waals surface area contributed by atoms with Gasteiger partial charge in [0.05, 0.1) is 18.9 Å². The van der Waals surface area contributed by atoms with Crippen LogP contribution in [-0.2, 0) is 38.1 Å². The summed E-state index contributed by atoms with van der Waals surface area (Å²) in [5.74, 6) is -1.97. The number of ether oxygens (including phenoxy) is 5. The molecule has 0 amide bonds. The number of Topliss-reactive ketones (excluding diaryl/α,β-unsaturated/α-hetero) is 1. The zero-order valence-corrected chi connectivity index (χ0v) is 28.9. The number of hydrogen-bond donors (Lipinski definition) is 6. The first-order valence-corrected chi connectivity index (χ1v) is 16.7. The van der Waals surface area contributed by atoms with Gasteiger partial charge in [-0.2, -0.15) is 0 Å². The molecule has 14 nitrogen and oxygen atoms in total. The van der Waals surface area contributed by atoms with Crippen molar-refractivity contribution in [3.05, 3.63) is 47.1 Å². The Labute approximate surface area is 286 Å². The number of hydrogen-bond acceptors (Lipinski definition) is 14. The summed E-state index contributed by atoms with van der Waals surface area (Å²) in [5.41, 5.74) is 1.87. The Hall–Kier alpha value is -2.79. The number of carbonyl (C=O) groups excluding carboxylic acids is 3. The van der Waals surface area contributed by atoms with Crippen LogP contribution in [0.25, 0.3) is 0 Å². The molecule has 0 aromatic rings. The molecule has 0 saturated carbocycles. The fraction of sp³-hybridized carbons (Fsp3) is 0.686. The second-order valence-electron chi connectivity index (χ2n) is 13.3.